The fourth-order valence-electron chi connectivity index (χ4n) is 4.47. The highest BCUT2D eigenvalue weighted by atomic mass is 16.0. The molecule has 2 heteroatoms. The maximum atomic E-state index is 2.54. The van der Waals surface area contributed by atoms with Crippen LogP contribution >= 0.6 is 0 Å². The van der Waals surface area contributed by atoms with Gasteiger partial charge in [0.15, 0.2) is 0 Å². The van der Waals surface area contributed by atoms with Gasteiger partial charge in [-0.1, -0.05) is 121 Å². The van der Waals surface area contributed by atoms with E-state index in [1.807, 2.05) is 0 Å². The molecule has 0 heterocycles. The number of hydrogen-bond donors (Lipinski definition) is 0. The van der Waals surface area contributed by atoms with E-state index in [1.54, 1.807) is 0 Å². The Morgan fingerprint density at radius 2 is 1.07 bits per heavy atom. The highest BCUT2D eigenvalue weighted by molar-refractivity contribution is 5.85. The zero-order chi connectivity index (χ0) is 20.6. The first-order valence-corrected chi connectivity index (χ1v) is 12.5. The van der Waals surface area contributed by atoms with Gasteiger partial charge >= 0.3 is 0 Å². The number of fused-ring (bicyclic) bond motifs is 1. The van der Waals surface area contributed by atoms with Gasteiger partial charge in [-0.2, -0.15) is 0 Å². The molecule has 0 aliphatic carbocycles. The van der Waals surface area contributed by atoms with Gasteiger partial charge in [0.25, 0.3) is 0 Å². The molecule has 0 aliphatic heterocycles. The van der Waals surface area contributed by atoms with E-state index in [0.717, 1.165) is 0 Å². The maximum Gasteiger partial charge on any atom is -0.00190 e. The van der Waals surface area contributed by atoms with Gasteiger partial charge in [0.05, 0.1) is 0 Å². The van der Waals surface area contributed by atoms with Gasteiger partial charge < -0.3 is 10.4 Å². The molecule has 2 N–H and O–H groups in total. The zero-order valence-electron chi connectivity index (χ0n) is 19.8. The molecule has 0 aliphatic rings. The van der Waals surface area contributed by atoms with Gasteiger partial charge in [-0.25, -0.2) is 0 Å². The highest BCUT2D eigenvalue weighted by Crippen LogP contribution is 2.21. The summed E-state index contributed by atoms with van der Waals surface area (Å²) in [5.41, 5.74) is 1.53. The molecule has 0 aromatic heterocycles. The van der Waals surface area contributed by atoms with Crippen molar-refractivity contribution in [3.63, 3.8) is 0 Å². The van der Waals surface area contributed by atoms with Crippen molar-refractivity contribution in [2.75, 3.05) is 19.6 Å². The van der Waals surface area contributed by atoms with Crippen molar-refractivity contribution >= 4 is 10.8 Å². The molecule has 2 aromatic carbocycles. The molecule has 2 rings (SSSR count). The Kier molecular flexibility index (Phi) is 15.4. The van der Waals surface area contributed by atoms with E-state index in [9.17, 15) is 0 Å². The first-order valence-electron chi connectivity index (χ1n) is 12.5. The molecule has 30 heavy (non-hydrogen) atoms. The summed E-state index contributed by atoms with van der Waals surface area (Å²) in [6, 6.07) is 15.6. The standard InChI is InChI=1S/C28H45N.H2O/c1-3-29(4-2)25-18-14-12-10-8-6-5-7-9-11-13-15-20-26-22-19-23-27-21-16-17-24-28(26)27;/h16-17,19,21-24H,3-15,18,20,25H2,1-2H3;1H2. The molecular formula is C28H47NO. The molecule has 0 spiro atoms. The third-order valence-electron chi connectivity index (χ3n) is 6.44. The Labute approximate surface area is 186 Å². The monoisotopic (exact) mass is 413 g/mol. The van der Waals surface area contributed by atoms with Crippen molar-refractivity contribution in [3.8, 4) is 0 Å². The number of benzene rings is 2. The fourth-order valence-corrected chi connectivity index (χ4v) is 4.47. The van der Waals surface area contributed by atoms with Gasteiger partial charge in [-0.15, -0.1) is 0 Å². The van der Waals surface area contributed by atoms with Crippen molar-refractivity contribution < 1.29 is 5.48 Å². The normalized spacial score (nSPS) is 11.2. The van der Waals surface area contributed by atoms with Crippen molar-refractivity contribution in [1.82, 2.24) is 4.90 Å². The van der Waals surface area contributed by atoms with Crippen molar-refractivity contribution in [2.45, 2.75) is 97.3 Å². The van der Waals surface area contributed by atoms with Crippen LogP contribution in [0.3, 0.4) is 0 Å². The van der Waals surface area contributed by atoms with E-state index < -0.39 is 0 Å². The average molecular weight is 414 g/mol. The lowest BCUT2D eigenvalue weighted by atomic mass is 9.99. The molecule has 2 nitrogen and oxygen atoms in total. The summed E-state index contributed by atoms with van der Waals surface area (Å²) in [6.07, 6.45) is 18.3. The number of unbranched alkanes of at least 4 members (excludes halogenated alkanes) is 11. The van der Waals surface area contributed by atoms with Gasteiger partial charge in [-0.05, 0) is 55.2 Å². The Hall–Kier alpha value is -1.38. The molecule has 0 atom stereocenters. The first-order chi connectivity index (χ1) is 14.3. The summed E-state index contributed by atoms with van der Waals surface area (Å²) in [6.45, 7) is 8.26. The van der Waals surface area contributed by atoms with Crippen LogP contribution in [0.1, 0.15) is 96.5 Å². The predicted molar refractivity (Wildman–Crippen MR) is 134 cm³/mol. The number of aryl methyl sites for hydroxylation is 1. The van der Waals surface area contributed by atoms with E-state index >= 15 is 0 Å². The molecule has 0 saturated heterocycles. The fraction of sp³-hybridized carbons (Fsp3) is 0.643. The van der Waals surface area contributed by atoms with Crippen molar-refractivity contribution in [2.24, 2.45) is 0 Å². The summed E-state index contributed by atoms with van der Waals surface area (Å²) in [7, 11) is 0. The lowest BCUT2D eigenvalue weighted by Gasteiger charge is -2.17. The predicted octanol–water partition coefficient (Wildman–Crippen LogP) is 7.58. The second kappa shape index (κ2) is 17.3. The van der Waals surface area contributed by atoms with E-state index in [-0.39, 0.29) is 5.48 Å². The van der Waals surface area contributed by atoms with Crippen LogP contribution in [-0.4, -0.2) is 30.0 Å². The number of hydrogen-bond acceptors (Lipinski definition) is 1. The Morgan fingerprint density at radius 3 is 1.67 bits per heavy atom. The quantitative estimate of drug-likeness (QED) is 0.246. The summed E-state index contributed by atoms with van der Waals surface area (Å²) < 4.78 is 0. The Balaban J connectivity index is 0.00000450. The van der Waals surface area contributed by atoms with Crippen molar-refractivity contribution in [1.29, 1.82) is 0 Å². The number of nitrogens with zero attached hydrogens (tertiary/aromatic N) is 1. The second-order valence-corrected chi connectivity index (χ2v) is 8.66. The first kappa shape index (κ1) is 26.7. The SMILES string of the molecule is CCN(CC)CCCCCCCCCCCCCCc1cccc2ccccc12.O. The summed E-state index contributed by atoms with van der Waals surface area (Å²) in [4.78, 5) is 2.54. The number of rotatable bonds is 17. The summed E-state index contributed by atoms with van der Waals surface area (Å²) in [5.74, 6) is 0. The van der Waals surface area contributed by atoms with Crippen LogP contribution in [0, 0.1) is 0 Å². The molecule has 170 valence electrons. The Morgan fingerprint density at radius 1 is 0.567 bits per heavy atom. The minimum atomic E-state index is 0. The molecule has 0 fully saturated rings. The van der Waals surface area contributed by atoms with E-state index in [1.165, 1.54) is 119 Å². The molecule has 0 radical (unpaired) electrons. The van der Waals surface area contributed by atoms with Crippen LogP contribution in [0.15, 0.2) is 42.5 Å². The van der Waals surface area contributed by atoms with E-state index in [4.69, 9.17) is 0 Å². The lowest BCUT2D eigenvalue weighted by Crippen LogP contribution is -2.23. The van der Waals surface area contributed by atoms with Crippen LogP contribution in [0.25, 0.3) is 10.8 Å². The zero-order valence-corrected chi connectivity index (χ0v) is 19.8. The molecule has 0 bridgehead atoms. The van der Waals surface area contributed by atoms with Crippen LogP contribution in [0.5, 0.6) is 0 Å². The van der Waals surface area contributed by atoms with E-state index in [0.29, 0.717) is 0 Å². The van der Waals surface area contributed by atoms with Crippen LogP contribution in [0.4, 0.5) is 0 Å². The average Bonchev–Trinajstić information content (AvgIpc) is 2.76. The molecule has 0 amide bonds. The van der Waals surface area contributed by atoms with Gasteiger partial charge in [-0.3, -0.25) is 0 Å². The van der Waals surface area contributed by atoms with Crippen LogP contribution in [-0.2, 0) is 6.42 Å². The molecule has 0 saturated carbocycles. The third-order valence-corrected chi connectivity index (χ3v) is 6.44. The van der Waals surface area contributed by atoms with Gasteiger partial charge in [0.1, 0.15) is 0 Å². The maximum absolute atomic E-state index is 2.54. The minimum absolute atomic E-state index is 0. The van der Waals surface area contributed by atoms with Crippen LogP contribution < -0.4 is 0 Å². The minimum Gasteiger partial charge on any atom is -0.412 e. The molecular weight excluding hydrogens is 366 g/mol. The van der Waals surface area contributed by atoms with Gasteiger partial charge in [0.2, 0.25) is 0 Å². The molecule has 2 aromatic rings. The second-order valence-electron chi connectivity index (χ2n) is 8.66. The largest absolute Gasteiger partial charge is 0.412 e. The smallest absolute Gasteiger partial charge is 0.00190 e. The Bertz CT molecular complexity index is 645. The lowest BCUT2D eigenvalue weighted by molar-refractivity contribution is 0.295. The summed E-state index contributed by atoms with van der Waals surface area (Å²) in [5, 5.41) is 2.83. The topological polar surface area (TPSA) is 34.7 Å². The third kappa shape index (κ3) is 10.6. The molecule has 0 unspecified atom stereocenters. The highest BCUT2D eigenvalue weighted by Gasteiger charge is 2.01. The van der Waals surface area contributed by atoms with E-state index in [2.05, 4.69) is 61.2 Å². The summed E-state index contributed by atoms with van der Waals surface area (Å²) >= 11 is 0. The van der Waals surface area contributed by atoms with Gasteiger partial charge in [0, 0.05) is 0 Å². The van der Waals surface area contributed by atoms with Crippen molar-refractivity contribution in [3.05, 3.63) is 48.0 Å². The van der Waals surface area contributed by atoms with Crippen LogP contribution in [0.2, 0.25) is 0 Å².